The Balaban J connectivity index is 1.72. The molecule has 1 saturated heterocycles. The number of nitrogens with zero attached hydrogens (tertiary/aromatic N) is 2. The van der Waals surface area contributed by atoms with Crippen molar-refractivity contribution in [3.63, 3.8) is 0 Å². The molecule has 0 atom stereocenters. The van der Waals surface area contributed by atoms with E-state index >= 15 is 0 Å². The number of nitrogens with one attached hydrogen (secondary N) is 1. The second kappa shape index (κ2) is 6.89. The highest BCUT2D eigenvalue weighted by molar-refractivity contribution is 5.76. The molecule has 4 nitrogen and oxygen atoms in total. The van der Waals surface area contributed by atoms with Crippen LogP contribution in [-0.2, 0) is 11.3 Å². The van der Waals surface area contributed by atoms with Gasteiger partial charge in [-0.3, -0.25) is 14.7 Å². The van der Waals surface area contributed by atoms with Crippen LogP contribution in [-0.4, -0.2) is 41.1 Å². The number of halogens is 3. The van der Waals surface area contributed by atoms with Crippen LogP contribution < -0.4 is 5.32 Å². The third kappa shape index (κ3) is 5.71. The van der Waals surface area contributed by atoms with E-state index in [0.29, 0.717) is 12.8 Å². The number of rotatable bonds is 4. The number of carbonyl (C=O) groups excluding carboxylic acids is 1. The first-order chi connectivity index (χ1) is 9.92. The molecule has 0 unspecified atom stereocenters. The lowest BCUT2D eigenvalue weighted by molar-refractivity contribution is -0.154. The number of aromatic nitrogens is 1. The predicted molar refractivity (Wildman–Crippen MR) is 71.4 cm³/mol. The van der Waals surface area contributed by atoms with E-state index < -0.39 is 18.5 Å². The first-order valence-electron chi connectivity index (χ1n) is 6.90. The van der Waals surface area contributed by atoms with E-state index in [-0.39, 0.29) is 6.04 Å². The Morgan fingerprint density at radius 2 is 1.90 bits per heavy atom. The fourth-order valence-electron chi connectivity index (χ4n) is 2.44. The Labute approximate surface area is 121 Å². The number of likely N-dealkylation sites (tertiary alicyclic amines) is 1. The van der Waals surface area contributed by atoms with Crippen LogP contribution in [0, 0.1) is 0 Å². The molecule has 1 N–H and O–H groups in total. The monoisotopic (exact) mass is 301 g/mol. The van der Waals surface area contributed by atoms with Gasteiger partial charge in [0.25, 0.3) is 0 Å². The molecule has 0 bridgehead atoms. The van der Waals surface area contributed by atoms with Crippen LogP contribution in [0.4, 0.5) is 13.2 Å². The van der Waals surface area contributed by atoms with Gasteiger partial charge in [-0.2, -0.15) is 13.2 Å². The largest absolute Gasteiger partial charge is 0.397 e. The highest BCUT2D eigenvalue weighted by Crippen LogP contribution is 2.20. The molecule has 1 amide bonds. The van der Waals surface area contributed by atoms with Gasteiger partial charge in [0.2, 0.25) is 5.91 Å². The predicted octanol–water partition coefficient (Wildman–Crippen LogP) is 2.11. The summed E-state index contributed by atoms with van der Waals surface area (Å²) in [5, 5.41) is 2.46. The van der Waals surface area contributed by atoms with Crippen LogP contribution in [0.1, 0.15) is 24.8 Å². The second-order valence-electron chi connectivity index (χ2n) is 5.27. The molecular formula is C14H18F3N3O. The van der Waals surface area contributed by atoms with E-state index in [2.05, 4.69) is 15.2 Å². The fraction of sp³-hybridized carbons (Fsp3) is 0.571. The summed E-state index contributed by atoms with van der Waals surface area (Å²) in [6.45, 7) is 2.32. The van der Waals surface area contributed by atoms with Crippen molar-refractivity contribution in [1.82, 2.24) is 15.2 Å². The van der Waals surface area contributed by atoms with Crippen LogP contribution in [0.15, 0.2) is 24.5 Å². The molecule has 1 aromatic rings. The standard InChI is InChI=1S/C14H18F3N3O/c15-14(16,17)9-13(21)19-12-3-7-20(8-4-12)10-11-1-5-18-6-2-11/h1-2,5-6,12H,3-4,7-10H2,(H,19,21). The molecule has 116 valence electrons. The van der Waals surface area contributed by atoms with Gasteiger partial charge in [0.15, 0.2) is 0 Å². The maximum atomic E-state index is 12.1. The Morgan fingerprint density at radius 3 is 2.48 bits per heavy atom. The van der Waals surface area contributed by atoms with Crippen LogP contribution in [0.3, 0.4) is 0 Å². The number of alkyl halides is 3. The summed E-state index contributed by atoms with van der Waals surface area (Å²) < 4.78 is 36.3. The third-order valence-corrected chi connectivity index (χ3v) is 3.47. The number of carbonyl (C=O) groups is 1. The topological polar surface area (TPSA) is 45.2 Å². The van der Waals surface area contributed by atoms with E-state index in [1.165, 1.54) is 0 Å². The molecular weight excluding hydrogens is 283 g/mol. The Bertz CT molecular complexity index is 456. The van der Waals surface area contributed by atoms with Gasteiger partial charge in [-0.05, 0) is 30.5 Å². The number of pyridine rings is 1. The minimum absolute atomic E-state index is 0.159. The lowest BCUT2D eigenvalue weighted by Gasteiger charge is -2.32. The molecule has 0 aromatic carbocycles. The van der Waals surface area contributed by atoms with Gasteiger partial charge < -0.3 is 5.32 Å². The Hall–Kier alpha value is -1.63. The van der Waals surface area contributed by atoms with Gasteiger partial charge in [0.1, 0.15) is 6.42 Å². The molecule has 2 heterocycles. The molecule has 2 rings (SSSR count). The van der Waals surface area contributed by atoms with Crippen molar-refractivity contribution in [2.24, 2.45) is 0 Å². The molecule has 21 heavy (non-hydrogen) atoms. The fourth-order valence-corrected chi connectivity index (χ4v) is 2.44. The zero-order valence-corrected chi connectivity index (χ0v) is 11.6. The zero-order valence-electron chi connectivity index (χ0n) is 11.6. The molecule has 0 saturated carbocycles. The summed E-state index contributed by atoms with van der Waals surface area (Å²) >= 11 is 0. The van der Waals surface area contributed by atoms with Crippen molar-refractivity contribution >= 4 is 5.91 Å². The minimum atomic E-state index is -4.44. The number of hydrogen-bond donors (Lipinski definition) is 1. The molecule has 0 aliphatic carbocycles. The van der Waals surface area contributed by atoms with Gasteiger partial charge in [-0.1, -0.05) is 0 Å². The van der Waals surface area contributed by atoms with Gasteiger partial charge in [-0.15, -0.1) is 0 Å². The summed E-state index contributed by atoms with van der Waals surface area (Å²) in [4.78, 5) is 17.4. The Morgan fingerprint density at radius 1 is 1.29 bits per heavy atom. The normalized spacial score (nSPS) is 17.7. The van der Waals surface area contributed by atoms with Crippen molar-refractivity contribution < 1.29 is 18.0 Å². The van der Waals surface area contributed by atoms with E-state index in [1.54, 1.807) is 12.4 Å². The average Bonchev–Trinajstić information content (AvgIpc) is 2.40. The first-order valence-corrected chi connectivity index (χ1v) is 6.90. The maximum absolute atomic E-state index is 12.1. The smallest absolute Gasteiger partial charge is 0.353 e. The van der Waals surface area contributed by atoms with Crippen molar-refractivity contribution in [3.8, 4) is 0 Å². The number of piperidine rings is 1. The summed E-state index contributed by atoms with van der Waals surface area (Å²) in [7, 11) is 0. The summed E-state index contributed by atoms with van der Waals surface area (Å²) in [5.41, 5.74) is 1.16. The molecule has 7 heteroatoms. The highest BCUT2D eigenvalue weighted by Gasteiger charge is 2.32. The lowest BCUT2D eigenvalue weighted by Crippen LogP contribution is -2.45. The van der Waals surface area contributed by atoms with Crippen molar-refractivity contribution in [2.45, 2.75) is 38.0 Å². The van der Waals surface area contributed by atoms with Crippen molar-refractivity contribution in [1.29, 1.82) is 0 Å². The molecule has 0 spiro atoms. The quantitative estimate of drug-likeness (QED) is 0.926. The minimum Gasteiger partial charge on any atom is -0.353 e. The third-order valence-electron chi connectivity index (χ3n) is 3.47. The highest BCUT2D eigenvalue weighted by atomic mass is 19.4. The van der Waals surface area contributed by atoms with Gasteiger partial charge in [0, 0.05) is 38.1 Å². The maximum Gasteiger partial charge on any atom is 0.397 e. The van der Waals surface area contributed by atoms with Gasteiger partial charge in [0.05, 0.1) is 0 Å². The average molecular weight is 301 g/mol. The summed E-state index contributed by atoms with van der Waals surface area (Å²) in [6, 6.07) is 3.72. The summed E-state index contributed by atoms with van der Waals surface area (Å²) in [5.74, 6) is -0.935. The number of hydrogen-bond acceptors (Lipinski definition) is 3. The molecule has 1 aliphatic heterocycles. The van der Waals surface area contributed by atoms with Crippen LogP contribution in [0.5, 0.6) is 0 Å². The molecule has 0 radical (unpaired) electrons. The van der Waals surface area contributed by atoms with E-state index in [9.17, 15) is 18.0 Å². The molecule has 1 aliphatic rings. The summed E-state index contributed by atoms with van der Waals surface area (Å²) in [6.07, 6.45) is -1.02. The lowest BCUT2D eigenvalue weighted by atomic mass is 10.0. The van der Waals surface area contributed by atoms with Crippen molar-refractivity contribution in [2.75, 3.05) is 13.1 Å². The second-order valence-corrected chi connectivity index (χ2v) is 5.27. The number of amides is 1. The van der Waals surface area contributed by atoms with Crippen LogP contribution in [0.2, 0.25) is 0 Å². The molecule has 1 fully saturated rings. The van der Waals surface area contributed by atoms with Crippen LogP contribution in [0.25, 0.3) is 0 Å². The van der Waals surface area contributed by atoms with E-state index in [4.69, 9.17) is 0 Å². The van der Waals surface area contributed by atoms with Gasteiger partial charge >= 0.3 is 6.18 Å². The first kappa shape index (κ1) is 15.8. The SMILES string of the molecule is O=C(CC(F)(F)F)NC1CCN(Cc2ccncc2)CC1. The van der Waals surface area contributed by atoms with E-state index in [1.807, 2.05) is 12.1 Å². The molecule has 1 aromatic heterocycles. The Kier molecular flexibility index (Phi) is 5.17. The van der Waals surface area contributed by atoms with Crippen LogP contribution >= 0.6 is 0 Å². The van der Waals surface area contributed by atoms with Gasteiger partial charge in [-0.25, -0.2) is 0 Å². The zero-order chi connectivity index (χ0) is 15.3. The van der Waals surface area contributed by atoms with E-state index in [0.717, 1.165) is 25.2 Å². The van der Waals surface area contributed by atoms with Crippen molar-refractivity contribution in [3.05, 3.63) is 30.1 Å².